The zero-order chi connectivity index (χ0) is 19.3. The summed E-state index contributed by atoms with van der Waals surface area (Å²) in [5.41, 5.74) is 2.08. The van der Waals surface area contributed by atoms with Crippen LogP contribution in [0.25, 0.3) is 11.5 Å². The molecule has 1 aliphatic rings. The summed E-state index contributed by atoms with van der Waals surface area (Å²) in [5.74, 6) is 0.580. The number of benzene rings is 2. The van der Waals surface area contributed by atoms with Gasteiger partial charge in [-0.2, -0.15) is 0 Å². The third kappa shape index (κ3) is 4.20. The molecule has 1 fully saturated rings. The highest BCUT2D eigenvalue weighted by atomic mass is 32.2. The maximum atomic E-state index is 12.8. The number of carbonyl (C=O) groups is 1. The molecule has 1 unspecified atom stereocenters. The van der Waals surface area contributed by atoms with Crippen LogP contribution in [-0.2, 0) is 4.79 Å². The third-order valence-corrected chi connectivity index (χ3v) is 5.69. The molecular formula is C21H22N4O2S. The minimum atomic E-state index is -0.271. The summed E-state index contributed by atoms with van der Waals surface area (Å²) in [7, 11) is 0. The number of rotatable bonds is 5. The molecule has 0 saturated carbocycles. The fraction of sp³-hybridized carbons (Fsp3) is 0.286. The molecule has 7 heteroatoms. The van der Waals surface area contributed by atoms with Crippen molar-refractivity contribution in [2.75, 3.05) is 31.1 Å². The van der Waals surface area contributed by atoms with Crippen LogP contribution >= 0.6 is 11.8 Å². The second-order valence-corrected chi connectivity index (χ2v) is 7.94. The molecule has 0 aliphatic carbocycles. The van der Waals surface area contributed by atoms with Gasteiger partial charge in [-0.3, -0.25) is 4.79 Å². The molecule has 6 nitrogen and oxygen atoms in total. The fourth-order valence-electron chi connectivity index (χ4n) is 3.24. The maximum absolute atomic E-state index is 12.8. The number of thioether (sulfide) groups is 1. The van der Waals surface area contributed by atoms with Crippen LogP contribution in [0.4, 0.5) is 5.69 Å². The Balaban J connectivity index is 1.32. The fourth-order valence-corrected chi connectivity index (χ4v) is 4.00. The van der Waals surface area contributed by atoms with Gasteiger partial charge in [0.1, 0.15) is 0 Å². The smallest absolute Gasteiger partial charge is 0.277 e. The van der Waals surface area contributed by atoms with Crippen molar-refractivity contribution in [2.45, 2.75) is 17.4 Å². The molecule has 1 amide bonds. The molecule has 0 N–H and O–H groups in total. The number of carbonyl (C=O) groups excluding carboxylic acids is 1. The van der Waals surface area contributed by atoms with E-state index in [0.29, 0.717) is 11.1 Å². The highest BCUT2D eigenvalue weighted by Gasteiger charge is 2.27. The van der Waals surface area contributed by atoms with Gasteiger partial charge in [0, 0.05) is 37.4 Å². The molecule has 2 aromatic carbocycles. The van der Waals surface area contributed by atoms with Gasteiger partial charge < -0.3 is 14.2 Å². The van der Waals surface area contributed by atoms with E-state index >= 15 is 0 Å². The average molecular weight is 395 g/mol. The van der Waals surface area contributed by atoms with Gasteiger partial charge in [-0.15, -0.1) is 10.2 Å². The zero-order valence-electron chi connectivity index (χ0n) is 15.7. The van der Waals surface area contributed by atoms with Gasteiger partial charge in [0.25, 0.3) is 5.22 Å². The van der Waals surface area contributed by atoms with E-state index in [9.17, 15) is 4.79 Å². The van der Waals surface area contributed by atoms with E-state index in [1.807, 2.05) is 60.4 Å². The number of hydrogen-bond donors (Lipinski definition) is 0. The van der Waals surface area contributed by atoms with E-state index in [2.05, 4.69) is 27.2 Å². The summed E-state index contributed by atoms with van der Waals surface area (Å²) in [6.45, 7) is 5.01. The van der Waals surface area contributed by atoms with E-state index in [0.717, 1.165) is 31.7 Å². The molecule has 144 valence electrons. The van der Waals surface area contributed by atoms with Gasteiger partial charge in [-0.25, -0.2) is 0 Å². The quantitative estimate of drug-likeness (QED) is 0.617. The van der Waals surface area contributed by atoms with E-state index in [1.165, 1.54) is 17.4 Å². The lowest BCUT2D eigenvalue weighted by molar-refractivity contribution is -0.130. The molecule has 0 bridgehead atoms. The first-order chi connectivity index (χ1) is 13.7. The van der Waals surface area contributed by atoms with Crippen molar-refractivity contribution in [1.29, 1.82) is 0 Å². The minimum Gasteiger partial charge on any atom is -0.411 e. The van der Waals surface area contributed by atoms with Crippen molar-refractivity contribution < 1.29 is 9.21 Å². The number of aromatic nitrogens is 2. The van der Waals surface area contributed by atoms with Crippen LogP contribution in [0.15, 0.2) is 70.3 Å². The standard InChI is InChI=1S/C21H22N4O2S/c1-16(28-21-23-22-19(27-21)17-8-4-2-5-9-17)20(26)25-14-12-24(13-15-25)18-10-6-3-7-11-18/h2-11,16H,12-15H2,1H3. The van der Waals surface area contributed by atoms with Crippen molar-refractivity contribution >= 4 is 23.4 Å². The summed E-state index contributed by atoms with van der Waals surface area (Å²) in [4.78, 5) is 17.1. The van der Waals surface area contributed by atoms with Crippen LogP contribution in [0.5, 0.6) is 0 Å². The maximum Gasteiger partial charge on any atom is 0.277 e. The van der Waals surface area contributed by atoms with E-state index in [1.54, 1.807) is 0 Å². The van der Waals surface area contributed by atoms with Crippen LogP contribution in [0.3, 0.4) is 0 Å². The number of anilines is 1. The van der Waals surface area contributed by atoms with E-state index < -0.39 is 0 Å². The molecular weight excluding hydrogens is 372 g/mol. The highest BCUT2D eigenvalue weighted by Crippen LogP contribution is 2.27. The Labute approximate surface area is 168 Å². The summed E-state index contributed by atoms with van der Waals surface area (Å²) in [6, 6.07) is 19.9. The molecule has 1 aromatic heterocycles. The SMILES string of the molecule is CC(Sc1nnc(-c2ccccc2)o1)C(=O)N1CCN(c2ccccc2)CC1. The molecule has 1 atom stereocenters. The largest absolute Gasteiger partial charge is 0.411 e. The molecule has 1 saturated heterocycles. The average Bonchev–Trinajstić information content (AvgIpc) is 3.23. The number of hydrogen-bond acceptors (Lipinski definition) is 6. The van der Waals surface area contributed by atoms with Gasteiger partial charge >= 0.3 is 0 Å². The summed E-state index contributed by atoms with van der Waals surface area (Å²) < 4.78 is 5.71. The Kier molecular flexibility index (Phi) is 5.62. The molecule has 4 rings (SSSR count). The number of piperazine rings is 1. The molecule has 0 radical (unpaired) electrons. The van der Waals surface area contributed by atoms with E-state index in [4.69, 9.17) is 4.42 Å². The van der Waals surface area contributed by atoms with Crippen molar-refractivity contribution in [1.82, 2.24) is 15.1 Å². The first-order valence-corrected chi connectivity index (χ1v) is 10.2. The topological polar surface area (TPSA) is 62.5 Å². The summed E-state index contributed by atoms with van der Waals surface area (Å²) >= 11 is 1.31. The van der Waals surface area contributed by atoms with Crippen LogP contribution in [0, 0.1) is 0 Å². The molecule has 1 aliphatic heterocycles. The number of nitrogens with zero attached hydrogens (tertiary/aromatic N) is 4. The van der Waals surface area contributed by atoms with Gasteiger partial charge in [0.15, 0.2) is 0 Å². The lowest BCUT2D eigenvalue weighted by Crippen LogP contribution is -2.50. The molecule has 2 heterocycles. The summed E-state index contributed by atoms with van der Waals surface area (Å²) in [6.07, 6.45) is 0. The lowest BCUT2D eigenvalue weighted by atomic mass is 10.2. The monoisotopic (exact) mass is 394 g/mol. The highest BCUT2D eigenvalue weighted by molar-refractivity contribution is 8.00. The predicted octanol–water partition coefficient (Wildman–Crippen LogP) is 3.57. The zero-order valence-corrected chi connectivity index (χ0v) is 16.5. The van der Waals surface area contributed by atoms with Crippen LogP contribution in [0.1, 0.15) is 6.92 Å². The lowest BCUT2D eigenvalue weighted by Gasteiger charge is -2.37. The Hall–Kier alpha value is -2.80. The van der Waals surface area contributed by atoms with Gasteiger partial charge in [-0.1, -0.05) is 48.2 Å². The Morgan fingerprint density at radius 3 is 2.29 bits per heavy atom. The first kappa shape index (κ1) is 18.6. The van der Waals surface area contributed by atoms with Gasteiger partial charge in [0.2, 0.25) is 11.8 Å². The van der Waals surface area contributed by atoms with Crippen molar-refractivity contribution in [2.24, 2.45) is 0 Å². The van der Waals surface area contributed by atoms with Gasteiger partial charge in [-0.05, 0) is 31.2 Å². The van der Waals surface area contributed by atoms with Crippen LogP contribution < -0.4 is 4.90 Å². The Morgan fingerprint density at radius 1 is 0.964 bits per heavy atom. The first-order valence-electron chi connectivity index (χ1n) is 9.35. The predicted molar refractivity (Wildman–Crippen MR) is 110 cm³/mol. The Bertz CT molecular complexity index is 908. The molecule has 28 heavy (non-hydrogen) atoms. The second-order valence-electron chi connectivity index (χ2n) is 6.65. The second kappa shape index (κ2) is 8.48. The summed E-state index contributed by atoms with van der Waals surface area (Å²) in [5, 5.41) is 8.31. The molecule has 3 aromatic rings. The number of amides is 1. The van der Waals surface area contributed by atoms with Crippen molar-refractivity contribution in [3.05, 3.63) is 60.7 Å². The normalized spacial score (nSPS) is 15.5. The third-order valence-electron chi connectivity index (χ3n) is 4.77. The molecule has 0 spiro atoms. The van der Waals surface area contributed by atoms with Crippen LogP contribution in [-0.4, -0.2) is 52.4 Å². The van der Waals surface area contributed by atoms with Crippen molar-refractivity contribution in [3.8, 4) is 11.5 Å². The van der Waals surface area contributed by atoms with Gasteiger partial charge in [0.05, 0.1) is 5.25 Å². The van der Waals surface area contributed by atoms with Crippen molar-refractivity contribution in [3.63, 3.8) is 0 Å². The number of para-hydroxylation sites is 1. The van der Waals surface area contributed by atoms with Crippen LogP contribution in [0.2, 0.25) is 0 Å². The Morgan fingerprint density at radius 2 is 1.61 bits per heavy atom. The minimum absolute atomic E-state index is 0.108. The van der Waals surface area contributed by atoms with E-state index in [-0.39, 0.29) is 11.2 Å².